The molecule has 6 aromatic carbocycles. The van der Waals surface area contributed by atoms with Crippen LogP contribution in [0.4, 0.5) is 17.1 Å². The lowest BCUT2D eigenvalue weighted by Gasteiger charge is -2.61. The van der Waals surface area contributed by atoms with Crippen LogP contribution in [0.25, 0.3) is 33.4 Å². The molecule has 0 aliphatic heterocycles. The quantitative estimate of drug-likeness (QED) is 0.184. The van der Waals surface area contributed by atoms with E-state index in [-0.39, 0.29) is 10.8 Å². The smallest absolute Gasteiger partial charge is 0.0509 e. The topological polar surface area (TPSA) is 3.24 Å². The highest BCUT2D eigenvalue weighted by atomic mass is 15.1. The van der Waals surface area contributed by atoms with E-state index in [1.807, 2.05) is 0 Å². The fourth-order valence-electron chi connectivity index (χ4n) is 12.1. The number of anilines is 3. The summed E-state index contributed by atoms with van der Waals surface area (Å²) in [6.07, 6.45) is 6.99. The highest BCUT2D eigenvalue weighted by molar-refractivity contribution is 5.93. The summed E-state index contributed by atoms with van der Waals surface area (Å²) in [5.74, 6) is 3.23. The molecule has 12 rings (SSSR count). The molecule has 0 heterocycles. The standard InChI is InChI=1S/C49H43N/c1-48(2)43-16-8-6-13-39(43)41-24-23-38(30-45(41)48)50(37-21-19-34(20-22-37)33-11-4-3-5-12-33)46-18-10-15-42-40-14-7-9-17-44(40)49(47(42)46)35-26-31-25-32(28-35)29-36(49)27-31/h3-24,30-32,35-36H,25-29H2,1-2H3. The third-order valence-corrected chi connectivity index (χ3v) is 13.8. The number of fused-ring (bicyclic) bond motifs is 6. The third kappa shape index (κ3) is 3.79. The summed E-state index contributed by atoms with van der Waals surface area (Å²) in [5, 5.41) is 0. The van der Waals surface area contributed by atoms with Crippen LogP contribution in [-0.4, -0.2) is 0 Å². The van der Waals surface area contributed by atoms with Crippen molar-refractivity contribution in [2.45, 2.75) is 56.8 Å². The molecule has 244 valence electrons. The first-order chi connectivity index (χ1) is 24.5. The largest absolute Gasteiger partial charge is 0.310 e. The van der Waals surface area contributed by atoms with Crippen molar-refractivity contribution >= 4 is 17.1 Å². The Hall–Kier alpha value is -4.88. The van der Waals surface area contributed by atoms with Crippen molar-refractivity contribution in [2.24, 2.45) is 23.7 Å². The van der Waals surface area contributed by atoms with E-state index in [0.717, 1.165) is 11.8 Å². The minimum absolute atomic E-state index is 0.0672. The second kappa shape index (κ2) is 10.3. The Labute approximate surface area is 296 Å². The van der Waals surface area contributed by atoms with Crippen molar-refractivity contribution in [1.82, 2.24) is 0 Å². The lowest BCUT2D eigenvalue weighted by Crippen LogP contribution is -2.55. The van der Waals surface area contributed by atoms with Gasteiger partial charge in [0.25, 0.3) is 0 Å². The Morgan fingerprint density at radius 1 is 0.460 bits per heavy atom. The molecule has 4 saturated carbocycles. The fourth-order valence-corrected chi connectivity index (χ4v) is 12.1. The highest BCUT2D eigenvalue weighted by Gasteiger charge is 2.62. The predicted octanol–water partition coefficient (Wildman–Crippen LogP) is 12.9. The summed E-state index contributed by atoms with van der Waals surface area (Å²) < 4.78 is 0. The summed E-state index contributed by atoms with van der Waals surface area (Å²) in [5.41, 5.74) is 18.1. The van der Waals surface area contributed by atoms with E-state index in [2.05, 4.69) is 158 Å². The molecule has 0 saturated heterocycles. The normalized spacial score (nSPS) is 25.6. The number of rotatable bonds is 4. The number of hydrogen-bond acceptors (Lipinski definition) is 1. The highest BCUT2D eigenvalue weighted by Crippen LogP contribution is 2.71. The number of benzene rings is 6. The van der Waals surface area contributed by atoms with Crippen molar-refractivity contribution in [3.63, 3.8) is 0 Å². The fraction of sp³-hybridized carbons (Fsp3) is 0.265. The van der Waals surface area contributed by atoms with E-state index >= 15 is 0 Å². The van der Waals surface area contributed by atoms with Gasteiger partial charge in [-0.2, -0.15) is 0 Å². The Bertz CT molecular complexity index is 2280. The van der Waals surface area contributed by atoms with Crippen LogP contribution >= 0.6 is 0 Å². The molecule has 4 bridgehead atoms. The molecule has 0 amide bonds. The number of nitrogens with zero attached hydrogens (tertiary/aromatic N) is 1. The van der Waals surface area contributed by atoms with Gasteiger partial charge in [0.1, 0.15) is 0 Å². The van der Waals surface area contributed by atoms with E-state index in [1.165, 1.54) is 93.7 Å². The molecule has 1 heteroatoms. The first-order valence-corrected chi connectivity index (χ1v) is 18.9. The van der Waals surface area contributed by atoms with Gasteiger partial charge in [-0.3, -0.25) is 0 Å². The van der Waals surface area contributed by atoms with Gasteiger partial charge in [-0.25, -0.2) is 0 Å². The molecule has 0 unspecified atom stereocenters. The molecule has 4 fully saturated rings. The predicted molar refractivity (Wildman–Crippen MR) is 207 cm³/mol. The van der Waals surface area contributed by atoms with Crippen LogP contribution in [0, 0.1) is 23.7 Å². The lowest BCUT2D eigenvalue weighted by atomic mass is 9.43. The van der Waals surface area contributed by atoms with Crippen LogP contribution < -0.4 is 4.90 Å². The zero-order valence-corrected chi connectivity index (χ0v) is 29.1. The van der Waals surface area contributed by atoms with Gasteiger partial charge in [-0.1, -0.05) is 123 Å². The first-order valence-electron chi connectivity index (χ1n) is 18.9. The van der Waals surface area contributed by atoms with Crippen molar-refractivity contribution in [1.29, 1.82) is 0 Å². The van der Waals surface area contributed by atoms with E-state index < -0.39 is 0 Å². The van der Waals surface area contributed by atoms with Crippen LogP contribution in [0.15, 0.2) is 140 Å². The maximum absolute atomic E-state index is 2.63. The summed E-state index contributed by atoms with van der Waals surface area (Å²) in [6.45, 7) is 4.81. The van der Waals surface area contributed by atoms with Gasteiger partial charge in [0.2, 0.25) is 0 Å². The summed E-state index contributed by atoms with van der Waals surface area (Å²) >= 11 is 0. The maximum Gasteiger partial charge on any atom is 0.0509 e. The molecule has 6 aliphatic rings. The maximum atomic E-state index is 2.63. The van der Waals surface area contributed by atoms with E-state index in [1.54, 1.807) is 11.1 Å². The summed E-state index contributed by atoms with van der Waals surface area (Å²) in [4.78, 5) is 2.63. The van der Waals surface area contributed by atoms with Gasteiger partial charge in [0.05, 0.1) is 5.69 Å². The van der Waals surface area contributed by atoms with Gasteiger partial charge in [0, 0.05) is 22.2 Å². The van der Waals surface area contributed by atoms with Crippen molar-refractivity contribution < 1.29 is 0 Å². The van der Waals surface area contributed by atoms with Gasteiger partial charge < -0.3 is 4.90 Å². The van der Waals surface area contributed by atoms with Gasteiger partial charge in [-0.15, -0.1) is 0 Å². The zero-order chi connectivity index (χ0) is 33.2. The molecule has 6 aromatic rings. The van der Waals surface area contributed by atoms with Crippen LogP contribution in [0.5, 0.6) is 0 Å². The lowest BCUT2D eigenvalue weighted by molar-refractivity contribution is -0.0397. The van der Waals surface area contributed by atoms with E-state index in [0.29, 0.717) is 11.8 Å². The molecule has 50 heavy (non-hydrogen) atoms. The van der Waals surface area contributed by atoms with Crippen LogP contribution in [-0.2, 0) is 10.8 Å². The molecule has 1 nitrogen and oxygen atoms in total. The minimum atomic E-state index is -0.0672. The second-order valence-corrected chi connectivity index (χ2v) is 16.6. The zero-order valence-electron chi connectivity index (χ0n) is 29.1. The SMILES string of the molecule is CC1(C)c2ccccc2-c2ccc(N(c3ccc(-c4ccccc4)cc3)c3cccc4c3C3(c5ccccc5-4)C4CC5CC(C4)CC3C5)cc21. The van der Waals surface area contributed by atoms with Crippen molar-refractivity contribution in [2.75, 3.05) is 4.90 Å². The summed E-state index contributed by atoms with van der Waals surface area (Å²) in [7, 11) is 0. The number of hydrogen-bond donors (Lipinski definition) is 0. The molecule has 0 atom stereocenters. The van der Waals surface area contributed by atoms with Gasteiger partial charge in [0.15, 0.2) is 0 Å². The molecule has 0 aromatic heterocycles. The average Bonchev–Trinajstić information content (AvgIpc) is 3.58. The van der Waals surface area contributed by atoms with Gasteiger partial charge in [-0.05, 0) is 142 Å². The molecule has 6 aliphatic carbocycles. The minimum Gasteiger partial charge on any atom is -0.310 e. The van der Waals surface area contributed by atoms with Gasteiger partial charge >= 0.3 is 0 Å². The first kappa shape index (κ1) is 28.9. The molecule has 0 radical (unpaired) electrons. The summed E-state index contributed by atoms with van der Waals surface area (Å²) in [6, 6.07) is 53.2. The van der Waals surface area contributed by atoms with Crippen LogP contribution in [0.3, 0.4) is 0 Å². The van der Waals surface area contributed by atoms with Crippen molar-refractivity contribution in [3.05, 3.63) is 162 Å². The van der Waals surface area contributed by atoms with E-state index in [4.69, 9.17) is 0 Å². The third-order valence-electron chi connectivity index (χ3n) is 13.8. The average molecular weight is 646 g/mol. The van der Waals surface area contributed by atoms with Crippen molar-refractivity contribution in [3.8, 4) is 33.4 Å². The molecule has 0 N–H and O–H groups in total. The van der Waals surface area contributed by atoms with Crippen LogP contribution in [0.1, 0.15) is 68.2 Å². The van der Waals surface area contributed by atoms with Crippen LogP contribution in [0.2, 0.25) is 0 Å². The molecular weight excluding hydrogens is 603 g/mol. The van der Waals surface area contributed by atoms with E-state index in [9.17, 15) is 0 Å². The Morgan fingerprint density at radius 3 is 1.74 bits per heavy atom. The Morgan fingerprint density at radius 2 is 1.02 bits per heavy atom. The Kier molecular flexibility index (Phi) is 5.97. The molecular formula is C49H43N. The monoisotopic (exact) mass is 645 g/mol. The Balaban J connectivity index is 1.15. The second-order valence-electron chi connectivity index (χ2n) is 16.6. The molecule has 1 spiro atoms.